The average molecular weight is 447 g/mol. The van der Waals surface area contributed by atoms with E-state index < -0.39 is 0 Å². The second kappa shape index (κ2) is 8.26. The molecule has 0 saturated heterocycles. The Labute approximate surface area is 201 Å². The van der Waals surface area contributed by atoms with Gasteiger partial charge >= 0.3 is 0 Å². The van der Waals surface area contributed by atoms with Crippen molar-refractivity contribution < 1.29 is 0 Å². The molecular weight excluding hydrogens is 416 g/mol. The first kappa shape index (κ1) is 20.3. The van der Waals surface area contributed by atoms with Gasteiger partial charge in [0.1, 0.15) is 0 Å². The predicted molar refractivity (Wildman–Crippen MR) is 133 cm³/mol. The summed E-state index contributed by atoms with van der Waals surface area (Å²) in [4.78, 5) is 0. The highest BCUT2D eigenvalue weighted by atomic mass is 15.2. The SMILES string of the molecule is c1ccc(C(c2ccc(C(c3ccccc3)C3C4CCC3N=N4)cc2)C2C3CCC2N=N3)cc1. The molecule has 0 N–H and O–H groups in total. The molecule has 0 spiro atoms. The Morgan fingerprint density at radius 3 is 1.00 bits per heavy atom. The molecule has 34 heavy (non-hydrogen) atoms. The van der Waals surface area contributed by atoms with E-state index in [-0.39, 0.29) is 0 Å². The molecule has 4 nitrogen and oxygen atoms in total. The van der Waals surface area contributed by atoms with E-state index in [2.05, 4.69) is 105 Å². The number of nitrogens with zero attached hydrogens (tertiary/aromatic N) is 4. The van der Waals surface area contributed by atoms with Crippen LogP contribution in [0.2, 0.25) is 0 Å². The minimum Gasteiger partial charge on any atom is -0.190 e. The lowest BCUT2D eigenvalue weighted by molar-refractivity contribution is 0.438. The molecule has 7 rings (SSSR count). The minimum absolute atomic E-state index is 0.339. The topological polar surface area (TPSA) is 49.4 Å². The molecule has 2 aliphatic carbocycles. The molecule has 3 aromatic carbocycles. The van der Waals surface area contributed by atoms with E-state index in [1.807, 2.05) is 0 Å². The highest BCUT2D eigenvalue weighted by Gasteiger charge is 2.48. The monoisotopic (exact) mass is 446 g/mol. The van der Waals surface area contributed by atoms with Crippen molar-refractivity contribution in [2.24, 2.45) is 32.3 Å². The third-order valence-electron chi connectivity index (χ3n) is 8.76. The standard InChI is InChI=1S/C30H30N4/c1-3-7-19(8-4-1)27(29-23-15-16-24(29)32-31-23)21-11-13-22(14-12-21)28(20-9-5-2-6-10-20)30-25-17-18-26(30)34-33-25/h1-14,23-30H,15-18H2. The summed E-state index contributed by atoms with van der Waals surface area (Å²) < 4.78 is 0. The van der Waals surface area contributed by atoms with Crippen molar-refractivity contribution >= 4 is 0 Å². The molecule has 4 aliphatic rings. The highest BCUT2D eigenvalue weighted by molar-refractivity contribution is 5.41. The van der Waals surface area contributed by atoms with Crippen LogP contribution >= 0.6 is 0 Å². The van der Waals surface area contributed by atoms with Gasteiger partial charge in [-0.1, -0.05) is 84.9 Å². The molecule has 0 aromatic heterocycles. The zero-order valence-electron chi connectivity index (χ0n) is 19.3. The van der Waals surface area contributed by atoms with Gasteiger partial charge in [-0.15, -0.1) is 0 Å². The summed E-state index contributed by atoms with van der Waals surface area (Å²) in [5.74, 6) is 1.62. The lowest BCUT2D eigenvalue weighted by Gasteiger charge is -2.29. The van der Waals surface area contributed by atoms with Crippen LogP contribution in [0.4, 0.5) is 0 Å². The molecule has 0 amide bonds. The highest BCUT2D eigenvalue weighted by Crippen LogP contribution is 2.50. The van der Waals surface area contributed by atoms with E-state index in [4.69, 9.17) is 0 Å². The van der Waals surface area contributed by atoms with Crippen LogP contribution in [0.15, 0.2) is 105 Å². The maximum absolute atomic E-state index is 4.62. The molecule has 4 heteroatoms. The summed E-state index contributed by atoms with van der Waals surface area (Å²) >= 11 is 0. The Balaban J connectivity index is 1.26. The molecule has 2 fully saturated rings. The van der Waals surface area contributed by atoms with Gasteiger partial charge in [0.25, 0.3) is 0 Å². The van der Waals surface area contributed by atoms with E-state index in [0.717, 1.165) is 0 Å². The van der Waals surface area contributed by atoms with Gasteiger partial charge in [-0.3, -0.25) is 0 Å². The van der Waals surface area contributed by atoms with Crippen LogP contribution in [0.25, 0.3) is 0 Å². The third-order valence-corrected chi connectivity index (χ3v) is 8.76. The maximum atomic E-state index is 4.62. The van der Waals surface area contributed by atoms with Crippen molar-refractivity contribution in [3.63, 3.8) is 0 Å². The molecule has 2 aliphatic heterocycles. The maximum Gasteiger partial charge on any atom is 0.0767 e. The van der Waals surface area contributed by atoms with Crippen molar-refractivity contribution in [1.29, 1.82) is 0 Å². The van der Waals surface area contributed by atoms with E-state index in [0.29, 0.717) is 47.8 Å². The fraction of sp³-hybridized carbons (Fsp3) is 0.400. The fourth-order valence-electron chi connectivity index (χ4n) is 7.24. The Hall–Kier alpha value is -3.14. The second-order valence-electron chi connectivity index (χ2n) is 10.5. The molecule has 4 bridgehead atoms. The smallest absolute Gasteiger partial charge is 0.0767 e. The zero-order valence-corrected chi connectivity index (χ0v) is 19.3. The van der Waals surface area contributed by atoms with Crippen LogP contribution in [0.3, 0.4) is 0 Å². The summed E-state index contributed by atoms with van der Waals surface area (Å²) in [5, 5.41) is 18.5. The molecule has 2 heterocycles. The van der Waals surface area contributed by atoms with Crippen LogP contribution < -0.4 is 0 Å². The molecule has 2 saturated carbocycles. The van der Waals surface area contributed by atoms with Crippen LogP contribution in [-0.2, 0) is 0 Å². The summed E-state index contributed by atoms with van der Waals surface area (Å²) in [6, 6.07) is 33.0. The second-order valence-corrected chi connectivity index (χ2v) is 10.5. The molecular formula is C30H30N4. The number of azo groups is 2. The first-order chi connectivity index (χ1) is 16.9. The van der Waals surface area contributed by atoms with Crippen LogP contribution in [0, 0.1) is 11.8 Å². The van der Waals surface area contributed by atoms with Gasteiger partial charge in [-0.25, -0.2) is 0 Å². The Morgan fingerprint density at radius 2 is 0.706 bits per heavy atom. The van der Waals surface area contributed by atoms with E-state index >= 15 is 0 Å². The number of hydrogen-bond acceptors (Lipinski definition) is 4. The summed E-state index contributed by atoms with van der Waals surface area (Å²) in [5.41, 5.74) is 5.55. The van der Waals surface area contributed by atoms with Crippen LogP contribution in [0.5, 0.6) is 0 Å². The van der Waals surface area contributed by atoms with E-state index in [9.17, 15) is 0 Å². The lowest BCUT2D eigenvalue weighted by Crippen LogP contribution is -2.25. The van der Waals surface area contributed by atoms with Crippen molar-refractivity contribution in [2.45, 2.75) is 61.7 Å². The minimum atomic E-state index is 0.339. The Bertz CT molecular complexity index is 1080. The normalized spacial score (nSPS) is 32.4. The fourth-order valence-corrected chi connectivity index (χ4v) is 7.24. The van der Waals surface area contributed by atoms with Gasteiger partial charge in [0.05, 0.1) is 24.2 Å². The van der Waals surface area contributed by atoms with Gasteiger partial charge in [0, 0.05) is 23.7 Å². The summed E-state index contributed by atoms with van der Waals surface area (Å²) in [7, 11) is 0. The van der Waals surface area contributed by atoms with Gasteiger partial charge in [-0.05, 0) is 47.9 Å². The third kappa shape index (κ3) is 3.26. The predicted octanol–water partition coefficient (Wildman–Crippen LogP) is 7.18. The van der Waals surface area contributed by atoms with E-state index in [1.165, 1.54) is 47.9 Å². The number of rotatable bonds is 6. The molecule has 0 radical (unpaired) electrons. The Morgan fingerprint density at radius 1 is 0.412 bits per heavy atom. The largest absolute Gasteiger partial charge is 0.190 e. The van der Waals surface area contributed by atoms with Crippen molar-refractivity contribution in [2.75, 3.05) is 0 Å². The Kier molecular flexibility index (Phi) is 4.92. The number of hydrogen-bond donors (Lipinski definition) is 0. The number of fused-ring (bicyclic) bond motifs is 4. The van der Waals surface area contributed by atoms with Crippen molar-refractivity contribution in [3.05, 3.63) is 107 Å². The van der Waals surface area contributed by atoms with Gasteiger partial charge in [0.2, 0.25) is 0 Å². The van der Waals surface area contributed by atoms with Crippen LogP contribution in [-0.4, -0.2) is 24.2 Å². The van der Waals surface area contributed by atoms with Crippen molar-refractivity contribution in [3.8, 4) is 0 Å². The first-order valence-electron chi connectivity index (χ1n) is 12.9. The van der Waals surface area contributed by atoms with E-state index in [1.54, 1.807) is 0 Å². The van der Waals surface area contributed by atoms with Crippen molar-refractivity contribution in [1.82, 2.24) is 0 Å². The first-order valence-corrected chi connectivity index (χ1v) is 12.9. The molecule has 6 unspecified atom stereocenters. The van der Waals surface area contributed by atoms with Crippen LogP contribution in [0.1, 0.15) is 59.8 Å². The van der Waals surface area contributed by atoms with Gasteiger partial charge in [-0.2, -0.15) is 20.5 Å². The average Bonchev–Trinajstić information content (AvgIpc) is 3.69. The molecule has 3 aromatic rings. The summed E-state index contributed by atoms with van der Waals surface area (Å²) in [6.07, 6.45) is 4.70. The summed E-state index contributed by atoms with van der Waals surface area (Å²) in [6.45, 7) is 0. The van der Waals surface area contributed by atoms with Gasteiger partial charge in [0.15, 0.2) is 0 Å². The quantitative estimate of drug-likeness (QED) is 0.385. The molecule has 170 valence electrons. The zero-order chi connectivity index (χ0) is 22.5. The molecule has 6 atom stereocenters. The lowest BCUT2D eigenvalue weighted by atomic mass is 9.74. The number of benzene rings is 3. The van der Waals surface area contributed by atoms with Gasteiger partial charge < -0.3 is 0 Å².